The Balaban J connectivity index is 2.10. The van der Waals surface area contributed by atoms with Crippen LogP contribution >= 0.6 is 11.3 Å². The molecule has 4 heteroatoms. The van der Waals surface area contributed by atoms with Gasteiger partial charge in [0.15, 0.2) is 5.78 Å². The SMILES string of the molecule is Cn1cc(C(=O)C=Cc2ccsc2)cn1. The Bertz CT molecular complexity index is 482. The van der Waals surface area contributed by atoms with E-state index < -0.39 is 0 Å². The maximum atomic E-state index is 11.6. The predicted molar refractivity (Wildman–Crippen MR) is 60.9 cm³/mol. The van der Waals surface area contributed by atoms with Crippen LogP contribution in [0.2, 0.25) is 0 Å². The molecule has 0 unspecified atom stereocenters. The van der Waals surface area contributed by atoms with Gasteiger partial charge in [0.1, 0.15) is 0 Å². The lowest BCUT2D eigenvalue weighted by Crippen LogP contribution is -1.91. The number of ketones is 1. The van der Waals surface area contributed by atoms with E-state index in [1.807, 2.05) is 22.9 Å². The van der Waals surface area contributed by atoms with E-state index in [0.717, 1.165) is 5.56 Å². The lowest BCUT2D eigenvalue weighted by atomic mass is 10.2. The van der Waals surface area contributed by atoms with Crippen molar-refractivity contribution in [1.29, 1.82) is 0 Å². The molecule has 0 aliphatic carbocycles. The lowest BCUT2D eigenvalue weighted by molar-refractivity contribution is 0.104. The summed E-state index contributed by atoms with van der Waals surface area (Å²) in [6.45, 7) is 0. The van der Waals surface area contributed by atoms with Crippen LogP contribution in [0.5, 0.6) is 0 Å². The Kier molecular flexibility index (Phi) is 2.78. The fraction of sp³-hybridized carbons (Fsp3) is 0.0909. The molecule has 0 aliphatic rings. The summed E-state index contributed by atoms with van der Waals surface area (Å²) in [5.74, 6) is -0.0192. The highest BCUT2D eigenvalue weighted by atomic mass is 32.1. The Morgan fingerprint density at radius 3 is 3.07 bits per heavy atom. The second kappa shape index (κ2) is 4.23. The Morgan fingerprint density at radius 1 is 1.60 bits per heavy atom. The number of nitrogens with zero attached hydrogens (tertiary/aromatic N) is 2. The third-order valence-corrected chi connectivity index (χ3v) is 2.66. The van der Waals surface area contributed by atoms with Crippen molar-refractivity contribution in [3.63, 3.8) is 0 Å². The summed E-state index contributed by atoms with van der Waals surface area (Å²) in [5, 5.41) is 7.92. The monoisotopic (exact) mass is 218 g/mol. The molecular weight excluding hydrogens is 208 g/mol. The van der Waals surface area contributed by atoms with E-state index >= 15 is 0 Å². The number of hydrogen-bond donors (Lipinski definition) is 0. The van der Waals surface area contributed by atoms with Gasteiger partial charge in [-0.1, -0.05) is 6.08 Å². The van der Waals surface area contributed by atoms with E-state index in [9.17, 15) is 4.79 Å². The van der Waals surface area contributed by atoms with Crippen LogP contribution in [0.25, 0.3) is 6.08 Å². The van der Waals surface area contributed by atoms with Crippen molar-refractivity contribution in [2.75, 3.05) is 0 Å². The summed E-state index contributed by atoms with van der Waals surface area (Å²) in [4.78, 5) is 11.6. The van der Waals surface area contributed by atoms with Gasteiger partial charge in [0.25, 0.3) is 0 Å². The van der Waals surface area contributed by atoms with E-state index in [4.69, 9.17) is 0 Å². The van der Waals surface area contributed by atoms with Crippen LogP contribution in [0.15, 0.2) is 35.3 Å². The van der Waals surface area contributed by atoms with Gasteiger partial charge in [0.2, 0.25) is 0 Å². The summed E-state index contributed by atoms with van der Waals surface area (Å²) in [6.07, 6.45) is 6.66. The summed E-state index contributed by atoms with van der Waals surface area (Å²) >= 11 is 1.61. The van der Waals surface area contributed by atoms with Crippen molar-refractivity contribution >= 4 is 23.2 Å². The molecule has 2 aromatic heterocycles. The number of aromatic nitrogens is 2. The average molecular weight is 218 g/mol. The zero-order chi connectivity index (χ0) is 10.7. The number of hydrogen-bond acceptors (Lipinski definition) is 3. The third kappa shape index (κ3) is 2.41. The van der Waals surface area contributed by atoms with Gasteiger partial charge < -0.3 is 0 Å². The first-order valence-corrected chi connectivity index (χ1v) is 5.43. The van der Waals surface area contributed by atoms with Gasteiger partial charge in [-0.15, -0.1) is 0 Å². The molecule has 0 aliphatic heterocycles. The average Bonchev–Trinajstić information content (AvgIpc) is 2.84. The number of rotatable bonds is 3. The fourth-order valence-electron chi connectivity index (χ4n) is 1.19. The molecule has 2 aromatic rings. The molecule has 0 N–H and O–H groups in total. The molecule has 0 fully saturated rings. The van der Waals surface area contributed by atoms with Crippen LogP contribution in [-0.4, -0.2) is 15.6 Å². The summed E-state index contributed by atoms with van der Waals surface area (Å²) in [6, 6.07) is 1.97. The molecule has 0 atom stereocenters. The number of carbonyl (C=O) groups excluding carboxylic acids is 1. The minimum atomic E-state index is -0.0192. The first kappa shape index (κ1) is 9.86. The van der Waals surface area contributed by atoms with Gasteiger partial charge in [-0.3, -0.25) is 9.48 Å². The topological polar surface area (TPSA) is 34.9 Å². The third-order valence-electron chi connectivity index (χ3n) is 1.96. The van der Waals surface area contributed by atoms with E-state index in [1.54, 1.807) is 41.5 Å². The smallest absolute Gasteiger partial charge is 0.189 e. The quantitative estimate of drug-likeness (QED) is 0.585. The summed E-state index contributed by atoms with van der Waals surface area (Å²) in [5.41, 5.74) is 1.67. The van der Waals surface area contributed by atoms with Crippen LogP contribution in [0, 0.1) is 0 Å². The molecule has 15 heavy (non-hydrogen) atoms. The zero-order valence-corrected chi connectivity index (χ0v) is 9.07. The van der Waals surface area contributed by atoms with Gasteiger partial charge >= 0.3 is 0 Å². The molecule has 0 saturated carbocycles. The maximum Gasteiger partial charge on any atom is 0.189 e. The Hall–Kier alpha value is -1.68. The summed E-state index contributed by atoms with van der Waals surface area (Å²) < 4.78 is 1.62. The number of thiophene rings is 1. The van der Waals surface area contributed by atoms with Crippen molar-refractivity contribution in [3.8, 4) is 0 Å². The minimum absolute atomic E-state index is 0.0192. The van der Waals surface area contributed by atoms with Gasteiger partial charge in [0, 0.05) is 13.2 Å². The van der Waals surface area contributed by atoms with Crippen LogP contribution in [-0.2, 0) is 7.05 Å². The predicted octanol–water partition coefficient (Wildman–Crippen LogP) is 2.38. The van der Waals surface area contributed by atoms with Crippen molar-refractivity contribution < 1.29 is 4.79 Å². The van der Waals surface area contributed by atoms with E-state index in [1.165, 1.54) is 0 Å². The normalized spacial score (nSPS) is 11.0. The van der Waals surface area contributed by atoms with Crippen LogP contribution < -0.4 is 0 Å². The fourth-order valence-corrected chi connectivity index (χ4v) is 1.81. The number of aryl methyl sites for hydroxylation is 1. The molecule has 0 spiro atoms. The second-order valence-corrected chi connectivity index (χ2v) is 3.94. The van der Waals surface area contributed by atoms with E-state index in [0.29, 0.717) is 5.56 Å². The van der Waals surface area contributed by atoms with Crippen molar-refractivity contribution in [1.82, 2.24) is 9.78 Å². The van der Waals surface area contributed by atoms with Gasteiger partial charge in [-0.05, 0) is 28.5 Å². The molecule has 2 heterocycles. The molecule has 0 amide bonds. The highest BCUT2D eigenvalue weighted by Crippen LogP contribution is 2.08. The molecule has 3 nitrogen and oxygen atoms in total. The van der Waals surface area contributed by atoms with Crippen molar-refractivity contribution in [2.24, 2.45) is 7.05 Å². The number of carbonyl (C=O) groups is 1. The molecular formula is C11H10N2OS. The van der Waals surface area contributed by atoms with E-state index in [-0.39, 0.29) is 5.78 Å². The van der Waals surface area contributed by atoms with E-state index in [2.05, 4.69) is 5.10 Å². The second-order valence-electron chi connectivity index (χ2n) is 3.16. The largest absolute Gasteiger partial charge is 0.289 e. The van der Waals surface area contributed by atoms with Gasteiger partial charge in [-0.25, -0.2) is 0 Å². The zero-order valence-electron chi connectivity index (χ0n) is 8.25. The first-order valence-electron chi connectivity index (χ1n) is 4.49. The molecule has 0 aromatic carbocycles. The molecule has 2 rings (SSSR count). The van der Waals surface area contributed by atoms with Crippen LogP contribution in [0.1, 0.15) is 15.9 Å². The maximum absolute atomic E-state index is 11.6. The molecule has 0 saturated heterocycles. The summed E-state index contributed by atoms with van der Waals surface area (Å²) in [7, 11) is 1.79. The minimum Gasteiger partial charge on any atom is -0.289 e. The van der Waals surface area contributed by atoms with Crippen molar-refractivity contribution in [3.05, 3.63) is 46.4 Å². The van der Waals surface area contributed by atoms with Gasteiger partial charge in [-0.2, -0.15) is 16.4 Å². The Morgan fingerprint density at radius 2 is 2.47 bits per heavy atom. The number of allylic oxidation sites excluding steroid dienone is 1. The van der Waals surface area contributed by atoms with Crippen LogP contribution in [0.3, 0.4) is 0 Å². The van der Waals surface area contributed by atoms with Crippen molar-refractivity contribution in [2.45, 2.75) is 0 Å². The van der Waals surface area contributed by atoms with Crippen LogP contribution in [0.4, 0.5) is 0 Å². The molecule has 0 bridgehead atoms. The lowest BCUT2D eigenvalue weighted by Gasteiger charge is -1.87. The highest BCUT2D eigenvalue weighted by molar-refractivity contribution is 7.08. The molecule has 0 radical (unpaired) electrons. The molecule has 76 valence electrons. The van der Waals surface area contributed by atoms with Gasteiger partial charge in [0.05, 0.1) is 11.8 Å². The first-order chi connectivity index (χ1) is 7.25. The standard InChI is InChI=1S/C11H10N2OS/c1-13-7-10(6-12-13)11(14)3-2-9-4-5-15-8-9/h2-8H,1H3. The Labute approximate surface area is 91.7 Å². The highest BCUT2D eigenvalue weighted by Gasteiger charge is 2.03.